The molecule has 0 aromatic heterocycles. The van der Waals surface area contributed by atoms with Crippen molar-refractivity contribution < 1.29 is 13.6 Å². The number of fused-ring (bicyclic) bond motifs is 1. The van der Waals surface area contributed by atoms with Gasteiger partial charge in [0.05, 0.1) is 0 Å². The predicted octanol–water partition coefficient (Wildman–Crippen LogP) is 2.69. The Morgan fingerprint density at radius 2 is 2.00 bits per heavy atom. The first-order valence-electron chi connectivity index (χ1n) is 8.04. The first-order chi connectivity index (χ1) is 10.6. The Kier molecular flexibility index (Phi) is 4.36. The largest absolute Gasteiger partial charge is 0.342 e. The lowest BCUT2D eigenvalue weighted by atomic mass is 9.98. The van der Waals surface area contributed by atoms with E-state index in [2.05, 4.69) is 0 Å². The summed E-state index contributed by atoms with van der Waals surface area (Å²) in [5.41, 5.74) is 6.44. The quantitative estimate of drug-likeness (QED) is 0.898. The summed E-state index contributed by atoms with van der Waals surface area (Å²) >= 11 is 0. The highest BCUT2D eigenvalue weighted by Gasteiger charge is 2.50. The summed E-state index contributed by atoms with van der Waals surface area (Å²) in [5, 5.41) is 0. The van der Waals surface area contributed by atoms with Gasteiger partial charge in [-0.05, 0) is 48.6 Å². The van der Waals surface area contributed by atoms with Crippen molar-refractivity contribution in [3.05, 3.63) is 35.4 Å². The van der Waals surface area contributed by atoms with Gasteiger partial charge in [0.25, 0.3) is 0 Å². The monoisotopic (exact) mass is 342 g/mol. The fourth-order valence-electron chi connectivity index (χ4n) is 4.34. The van der Waals surface area contributed by atoms with E-state index in [0.717, 1.165) is 32.0 Å². The molecule has 1 saturated heterocycles. The molecule has 1 amide bonds. The number of nitrogens with two attached hydrogens (primary N) is 1. The molecule has 2 aliphatic carbocycles. The van der Waals surface area contributed by atoms with Gasteiger partial charge in [-0.15, -0.1) is 12.4 Å². The van der Waals surface area contributed by atoms with Crippen molar-refractivity contribution >= 4 is 18.3 Å². The van der Waals surface area contributed by atoms with Gasteiger partial charge in [0.15, 0.2) is 11.6 Å². The zero-order chi connectivity index (χ0) is 15.4. The summed E-state index contributed by atoms with van der Waals surface area (Å²) in [6, 6.07) is 4.41. The second kappa shape index (κ2) is 6.02. The predicted molar refractivity (Wildman–Crippen MR) is 85.2 cm³/mol. The number of benzene rings is 1. The van der Waals surface area contributed by atoms with E-state index in [9.17, 15) is 13.6 Å². The number of rotatable bonds is 2. The van der Waals surface area contributed by atoms with E-state index in [1.54, 1.807) is 6.07 Å². The van der Waals surface area contributed by atoms with Crippen molar-refractivity contribution in [1.82, 2.24) is 4.90 Å². The minimum absolute atomic E-state index is 0. The van der Waals surface area contributed by atoms with Crippen LogP contribution in [0.15, 0.2) is 18.2 Å². The number of likely N-dealkylation sites (tertiary alicyclic amines) is 1. The van der Waals surface area contributed by atoms with Crippen LogP contribution in [0.5, 0.6) is 0 Å². The third-order valence-electron chi connectivity index (χ3n) is 5.71. The van der Waals surface area contributed by atoms with Gasteiger partial charge in [0.1, 0.15) is 0 Å². The van der Waals surface area contributed by atoms with Crippen LogP contribution in [0, 0.1) is 29.4 Å². The molecule has 4 rings (SSSR count). The lowest BCUT2D eigenvalue weighted by Gasteiger charge is -2.19. The molecule has 6 heteroatoms. The van der Waals surface area contributed by atoms with Crippen molar-refractivity contribution in [2.75, 3.05) is 13.1 Å². The maximum Gasteiger partial charge on any atom is 0.226 e. The first kappa shape index (κ1) is 16.7. The smallest absolute Gasteiger partial charge is 0.226 e. The van der Waals surface area contributed by atoms with Crippen LogP contribution < -0.4 is 5.73 Å². The molecular formula is C17H21ClF2N2O. The summed E-state index contributed by atoms with van der Waals surface area (Å²) in [7, 11) is 0. The number of amides is 1. The van der Waals surface area contributed by atoms with Crippen LogP contribution in [0.2, 0.25) is 0 Å². The van der Waals surface area contributed by atoms with Gasteiger partial charge < -0.3 is 10.6 Å². The fraction of sp³-hybridized carbons (Fsp3) is 0.588. The number of hydrogen-bond acceptors (Lipinski definition) is 2. The highest BCUT2D eigenvalue weighted by Crippen LogP contribution is 2.50. The first-order valence-corrected chi connectivity index (χ1v) is 8.04. The Bertz CT molecular complexity index is 627. The molecule has 0 spiro atoms. The highest BCUT2D eigenvalue weighted by molar-refractivity contribution is 5.85. The number of hydrogen-bond donors (Lipinski definition) is 1. The van der Waals surface area contributed by atoms with Gasteiger partial charge in [0, 0.05) is 25.0 Å². The molecule has 23 heavy (non-hydrogen) atoms. The molecule has 2 N–H and O–H groups in total. The van der Waals surface area contributed by atoms with Crippen LogP contribution in [0.1, 0.15) is 30.7 Å². The second-order valence-corrected chi connectivity index (χ2v) is 7.00. The van der Waals surface area contributed by atoms with Crippen LogP contribution in [-0.4, -0.2) is 29.9 Å². The maximum absolute atomic E-state index is 13.8. The standard InChI is InChI=1S/C17H20F2N2O.ClH/c18-14-3-1-2-10(16(14)19)11-6-12(11)17(22)21-7-9-4-5-15(20)13(9)8-21;/h1-3,9,11-13,15H,4-8,20H2;1H. The molecule has 1 aromatic carbocycles. The normalized spacial score (nSPS) is 34.9. The van der Waals surface area contributed by atoms with Crippen LogP contribution in [0.25, 0.3) is 0 Å². The van der Waals surface area contributed by atoms with E-state index in [1.807, 2.05) is 4.90 Å². The topological polar surface area (TPSA) is 46.3 Å². The van der Waals surface area contributed by atoms with Crippen LogP contribution >= 0.6 is 12.4 Å². The summed E-state index contributed by atoms with van der Waals surface area (Å²) in [6.45, 7) is 1.52. The molecular weight excluding hydrogens is 322 g/mol. The van der Waals surface area contributed by atoms with Crippen molar-refractivity contribution in [1.29, 1.82) is 0 Å². The number of halogens is 3. The average Bonchev–Trinajstić information content (AvgIpc) is 3.05. The Balaban J connectivity index is 0.00000156. The van der Waals surface area contributed by atoms with Gasteiger partial charge in [-0.1, -0.05) is 12.1 Å². The molecule has 0 radical (unpaired) electrons. The van der Waals surface area contributed by atoms with Crippen molar-refractivity contribution in [3.63, 3.8) is 0 Å². The molecule has 1 heterocycles. The minimum atomic E-state index is -0.836. The molecule has 3 fully saturated rings. The number of carbonyl (C=O) groups is 1. The molecule has 3 aliphatic rings. The highest BCUT2D eigenvalue weighted by atomic mass is 35.5. The SMILES string of the molecule is Cl.NC1CCC2CN(C(=O)C3CC3c3cccc(F)c3F)CC12. The lowest BCUT2D eigenvalue weighted by molar-refractivity contribution is -0.131. The van der Waals surface area contributed by atoms with Gasteiger partial charge in [0.2, 0.25) is 5.91 Å². The van der Waals surface area contributed by atoms with Gasteiger partial charge in [-0.2, -0.15) is 0 Å². The summed E-state index contributed by atoms with van der Waals surface area (Å²) in [5.74, 6) is -0.951. The second-order valence-electron chi connectivity index (χ2n) is 7.00. The van der Waals surface area contributed by atoms with Crippen molar-refractivity contribution in [3.8, 4) is 0 Å². The van der Waals surface area contributed by atoms with Crippen molar-refractivity contribution in [2.45, 2.75) is 31.2 Å². The van der Waals surface area contributed by atoms with Crippen LogP contribution in [-0.2, 0) is 4.79 Å². The van der Waals surface area contributed by atoms with Gasteiger partial charge >= 0.3 is 0 Å². The molecule has 1 aromatic rings. The third-order valence-corrected chi connectivity index (χ3v) is 5.71. The number of nitrogens with zero attached hydrogens (tertiary/aromatic N) is 1. The number of carbonyl (C=O) groups excluding carboxylic acids is 1. The molecule has 3 nitrogen and oxygen atoms in total. The lowest BCUT2D eigenvalue weighted by Crippen LogP contribution is -2.34. The summed E-state index contributed by atoms with van der Waals surface area (Å²) in [4.78, 5) is 14.5. The van der Waals surface area contributed by atoms with E-state index in [4.69, 9.17) is 5.73 Å². The molecule has 1 aliphatic heterocycles. The van der Waals surface area contributed by atoms with E-state index < -0.39 is 11.6 Å². The molecule has 126 valence electrons. The Labute approximate surface area is 140 Å². The average molecular weight is 343 g/mol. The summed E-state index contributed by atoms with van der Waals surface area (Å²) < 4.78 is 27.1. The Hall–Kier alpha value is -1.20. The molecule has 5 atom stereocenters. The summed E-state index contributed by atoms with van der Waals surface area (Å²) in [6.07, 6.45) is 2.78. The van der Waals surface area contributed by atoms with Gasteiger partial charge in [-0.3, -0.25) is 4.79 Å². The van der Waals surface area contributed by atoms with Gasteiger partial charge in [-0.25, -0.2) is 8.78 Å². The molecule has 0 bridgehead atoms. The van der Waals surface area contributed by atoms with E-state index in [0.29, 0.717) is 23.8 Å². The van der Waals surface area contributed by atoms with Crippen molar-refractivity contribution in [2.24, 2.45) is 23.5 Å². The molecule has 2 saturated carbocycles. The van der Waals surface area contributed by atoms with Crippen LogP contribution in [0.3, 0.4) is 0 Å². The van der Waals surface area contributed by atoms with Crippen LogP contribution in [0.4, 0.5) is 8.78 Å². The Morgan fingerprint density at radius 3 is 2.74 bits per heavy atom. The van der Waals surface area contributed by atoms with E-state index in [1.165, 1.54) is 6.07 Å². The maximum atomic E-state index is 13.8. The Morgan fingerprint density at radius 1 is 1.22 bits per heavy atom. The third kappa shape index (κ3) is 2.74. The molecule has 5 unspecified atom stereocenters. The minimum Gasteiger partial charge on any atom is -0.342 e. The van der Waals surface area contributed by atoms with E-state index >= 15 is 0 Å². The zero-order valence-corrected chi connectivity index (χ0v) is 13.6. The fourth-order valence-corrected chi connectivity index (χ4v) is 4.34. The van der Waals surface area contributed by atoms with E-state index in [-0.39, 0.29) is 36.2 Å². The zero-order valence-electron chi connectivity index (χ0n) is 12.8.